The van der Waals surface area contributed by atoms with Gasteiger partial charge in [0.05, 0.1) is 0 Å². The summed E-state index contributed by atoms with van der Waals surface area (Å²) in [6.45, 7) is 6.93. The van der Waals surface area contributed by atoms with Crippen LogP contribution in [0.4, 0.5) is 0 Å². The fourth-order valence-electron chi connectivity index (χ4n) is 1.89. The lowest BCUT2D eigenvalue weighted by molar-refractivity contribution is -0.141. The molecule has 21 heavy (non-hydrogen) atoms. The number of carbonyl (C=O) groups is 3. The summed E-state index contributed by atoms with van der Waals surface area (Å²) in [6, 6.07) is -0.910. The second-order valence-corrected chi connectivity index (χ2v) is 4.68. The van der Waals surface area contributed by atoms with E-state index < -0.39 is 12.0 Å². The minimum absolute atomic E-state index is 0.0245. The molecule has 0 heterocycles. The maximum Gasteiger partial charge on any atom is 0.326 e. The van der Waals surface area contributed by atoms with E-state index in [1.54, 1.807) is 24.0 Å². The largest absolute Gasteiger partial charge is 0.480 e. The molecular weight excluding hydrogens is 272 g/mol. The van der Waals surface area contributed by atoms with Gasteiger partial charge in [-0.3, -0.25) is 9.59 Å². The predicted octanol–water partition coefficient (Wildman–Crippen LogP) is 1.56. The number of nitrogens with one attached hydrogen (secondary N) is 1. The summed E-state index contributed by atoms with van der Waals surface area (Å²) in [5.74, 6) is -1.36. The molecule has 0 aromatic rings. The van der Waals surface area contributed by atoms with E-state index in [0.29, 0.717) is 25.9 Å². The van der Waals surface area contributed by atoms with Gasteiger partial charge in [-0.15, -0.1) is 0 Å². The number of carboxylic acids is 1. The predicted molar refractivity (Wildman–Crippen MR) is 80.8 cm³/mol. The Morgan fingerprint density at radius 2 is 1.81 bits per heavy atom. The first-order chi connectivity index (χ1) is 9.96. The van der Waals surface area contributed by atoms with Crippen LogP contribution >= 0.6 is 0 Å². The molecule has 1 atom stereocenters. The smallest absolute Gasteiger partial charge is 0.326 e. The molecule has 120 valence electrons. The summed E-state index contributed by atoms with van der Waals surface area (Å²) in [5.41, 5.74) is 0. The van der Waals surface area contributed by atoms with Crippen molar-refractivity contribution < 1.29 is 19.5 Å². The van der Waals surface area contributed by atoms with E-state index in [-0.39, 0.29) is 24.7 Å². The monoisotopic (exact) mass is 298 g/mol. The Balaban J connectivity index is 4.13. The van der Waals surface area contributed by atoms with Crippen molar-refractivity contribution in [3.63, 3.8) is 0 Å². The van der Waals surface area contributed by atoms with Gasteiger partial charge in [-0.1, -0.05) is 12.2 Å². The van der Waals surface area contributed by atoms with Crippen LogP contribution < -0.4 is 5.32 Å². The Bertz CT molecular complexity index is 376. The molecule has 1 unspecified atom stereocenters. The molecule has 0 rings (SSSR count). The number of carbonyl (C=O) groups excluding carboxylic acids is 2. The Labute approximate surface area is 126 Å². The summed E-state index contributed by atoms with van der Waals surface area (Å²) in [5, 5.41) is 11.5. The normalized spacial score (nSPS) is 12.1. The van der Waals surface area contributed by atoms with Crippen LogP contribution in [0.15, 0.2) is 12.2 Å². The summed E-state index contributed by atoms with van der Waals surface area (Å²) in [6.07, 6.45) is 4.59. The second-order valence-electron chi connectivity index (χ2n) is 4.68. The van der Waals surface area contributed by atoms with Crippen LogP contribution in [-0.4, -0.2) is 46.9 Å². The molecule has 0 saturated heterocycles. The first kappa shape index (κ1) is 19.1. The molecule has 0 aliphatic rings. The van der Waals surface area contributed by atoms with Crippen LogP contribution in [0.25, 0.3) is 0 Å². The minimum atomic E-state index is -1.05. The van der Waals surface area contributed by atoms with Crippen LogP contribution in [0.3, 0.4) is 0 Å². The van der Waals surface area contributed by atoms with Crippen LogP contribution in [0, 0.1) is 0 Å². The third-order valence-electron chi connectivity index (χ3n) is 3.15. The van der Waals surface area contributed by atoms with E-state index in [1.165, 1.54) is 0 Å². The fourth-order valence-corrected chi connectivity index (χ4v) is 1.89. The lowest BCUT2D eigenvalue weighted by Crippen LogP contribution is -2.40. The van der Waals surface area contributed by atoms with Gasteiger partial charge < -0.3 is 15.3 Å². The second kappa shape index (κ2) is 10.9. The van der Waals surface area contributed by atoms with E-state index in [4.69, 9.17) is 5.11 Å². The molecule has 0 radical (unpaired) electrons. The number of amides is 2. The van der Waals surface area contributed by atoms with Gasteiger partial charge in [0, 0.05) is 25.9 Å². The van der Waals surface area contributed by atoms with Gasteiger partial charge in [0.2, 0.25) is 11.8 Å². The van der Waals surface area contributed by atoms with Crippen LogP contribution in [0.5, 0.6) is 0 Å². The number of allylic oxidation sites excluding steroid dienone is 1. The minimum Gasteiger partial charge on any atom is -0.480 e. The first-order valence-electron chi connectivity index (χ1n) is 7.37. The molecule has 6 nitrogen and oxygen atoms in total. The van der Waals surface area contributed by atoms with Gasteiger partial charge in [-0.2, -0.15) is 0 Å². The molecule has 0 spiro atoms. The van der Waals surface area contributed by atoms with Gasteiger partial charge >= 0.3 is 5.97 Å². The van der Waals surface area contributed by atoms with Crippen molar-refractivity contribution >= 4 is 17.8 Å². The summed E-state index contributed by atoms with van der Waals surface area (Å²) < 4.78 is 0. The van der Waals surface area contributed by atoms with Crippen LogP contribution in [0.2, 0.25) is 0 Å². The van der Waals surface area contributed by atoms with E-state index in [0.717, 1.165) is 0 Å². The van der Waals surface area contributed by atoms with Crippen molar-refractivity contribution in [1.82, 2.24) is 10.2 Å². The fraction of sp³-hybridized carbons (Fsp3) is 0.667. The number of nitrogens with zero attached hydrogens (tertiary/aromatic N) is 1. The maximum atomic E-state index is 11.7. The Morgan fingerprint density at radius 3 is 2.29 bits per heavy atom. The van der Waals surface area contributed by atoms with E-state index in [9.17, 15) is 14.4 Å². The molecule has 0 fully saturated rings. The van der Waals surface area contributed by atoms with Crippen molar-refractivity contribution in [1.29, 1.82) is 0 Å². The highest BCUT2D eigenvalue weighted by molar-refractivity contribution is 5.84. The number of carboxylic acid groups (broad SMARTS) is 1. The molecule has 0 aromatic heterocycles. The number of hydrogen-bond donors (Lipinski definition) is 2. The van der Waals surface area contributed by atoms with Gasteiger partial charge in [0.15, 0.2) is 0 Å². The van der Waals surface area contributed by atoms with Gasteiger partial charge in [-0.25, -0.2) is 4.79 Å². The highest BCUT2D eigenvalue weighted by Crippen LogP contribution is 2.02. The van der Waals surface area contributed by atoms with Crippen molar-refractivity contribution in [2.75, 3.05) is 13.1 Å². The average Bonchev–Trinajstić information content (AvgIpc) is 2.44. The van der Waals surface area contributed by atoms with E-state index >= 15 is 0 Å². The zero-order valence-electron chi connectivity index (χ0n) is 13.1. The molecule has 6 heteroatoms. The molecule has 0 saturated carbocycles. The van der Waals surface area contributed by atoms with Crippen molar-refractivity contribution in [2.24, 2.45) is 0 Å². The summed E-state index contributed by atoms with van der Waals surface area (Å²) in [7, 11) is 0. The SMILES string of the molecule is C/C=C/CC(NC(=O)CCCC(=O)N(CC)CC)C(=O)O. The highest BCUT2D eigenvalue weighted by Gasteiger charge is 2.18. The van der Waals surface area contributed by atoms with E-state index in [1.807, 2.05) is 13.8 Å². The van der Waals surface area contributed by atoms with Gasteiger partial charge in [0.1, 0.15) is 6.04 Å². The van der Waals surface area contributed by atoms with Crippen molar-refractivity contribution in [3.05, 3.63) is 12.2 Å². The molecule has 0 bridgehead atoms. The molecule has 2 N–H and O–H groups in total. The number of rotatable bonds is 10. The first-order valence-corrected chi connectivity index (χ1v) is 7.37. The third-order valence-corrected chi connectivity index (χ3v) is 3.15. The average molecular weight is 298 g/mol. The molecule has 0 aliphatic heterocycles. The Morgan fingerprint density at radius 1 is 1.19 bits per heavy atom. The number of hydrogen-bond acceptors (Lipinski definition) is 3. The standard InChI is InChI=1S/C15H26N2O4/c1-4-7-9-12(15(20)21)16-13(18)10-8-11-14(19)17(5-2)6-3/h4,7,12H,5-6,8-11H2,1-3H3,(H,16,18)(H,20,21)/b7-4+. The lowest BCUT2D eigenvalue weighted by Gasteiger charge is -2.18. The highest BCUT2D eigenvalue weighted by atomic mass is 16.4. The van der Waals surface area contributed by atoms with Gasteiger partial charge in [-0.05, 0) is 33.6 Å². The van der Waals surface area contributed by atoms with E-state index in [2.05, 4.69) is 5.32 Å². The number of aliphatic carboxylic acids is 1. The lowest BCUT2D eigenvalue weighted by atomic mass is 10.1. The molecule has 0 aromatic carbocycles. The third kappa shape index (κ3) is 8.12. The quantitative estimate of drug-likeness (QED) is 0.599. The molecular formula is C15H26N2O4. The summed E-state index contributed by atoms with van der Waals surface area (Å²) >= 11 is 0. The Kier molecular flexibility index (Phi) is 9.92. The van der Waals surface area contributed by atoms with Gasteiger partial charge in [0.25, 0.3) is 0 Å². The molecule has 0 aliphatic carbocycles. The summed E-state index contributed by atoms with van der Waals surface area (Å²) in [4.78, 5) is 36.1. The van der Waals surface area contributed by atoms with Crippen LogP contribution in [-0.2, 0) is 14.4 Å². The van der Waals surface area contributed by atoms with Crippen LogP contribution in [0.1, 0.15) is 46.5 Å². The van der Waals surface area contributed by atoms with Crippen molar-refractivity contribution in [3.8, 4) is 0 Å². The molecule has 2 amide bonds. The Hall–Kier alpha value is -1.85. The maximum absolute atomic E-state index is 11.7. The zero-order valence-corrected chi connectivity index (χ0v) is 13.1. The topological polar surface area (TPSA) is 86.7 Å². The zero-order chi connectivity index (χ0) is 16.3. The van der Waals surface area contributed by atoms with Crippen molar-refractivity contribution in [2.45, 2.75) is 52.5 Å².